The van der Waals surface area contributed by atoms with E-state index in [1.807, 2.05) is 19.9 Å². The number of nitrogens with zero attached hydrogens (tertiary/aromatic N) is 2. The molecule has 4 heteroatoms. The quantitative estimate of drug-likeness (QED) is 0.479. The van der Waals surface area contributed by atoms with E-state index >= 15 is 0 Å². The van der Waals surface area contributed by atoms with Crippen LogP contribution in [0, 0.1) is 13.8 Å². The molecule has 1 aromatic rings. The summed E-state index contributed by atoms with van der Waals surface area (Å²) in [6.07, 6.45) is 0. The molecule has 0 fully saturated rings. The highest BCUT2D eigenvalue weighted by Gasteiger charge is 2.02. The Labute approximate surface area is 108 Å². The standard InChI is InChI=1S/C13H21N3S/c1-9(2)14-7-10(3)8-17-13-15-11(4)6-12(5)16-13/h6,9,14H,3,7-8H2,1-2,4-5H3. The monoisotopic (exact) mass is 251 g/mol. The van der Waals surface area contributed by atoms with Gasteiger partial charge in [0.15, 0.2) is 5.16 Å². The molecular formula is C13H21N3S. The van der Waals surface area contributed by atoms with Crippen LogP contribution in [0.5, 0.6) is 0 Å². The summed E-state index contributed by atoms with van der Waals surface area (Å²) < 4.78 is 0. The fourth-order valence-corrected chi connectivity index (χ4v) is 2.18. The second-order valence-electron chi connectivity index (χ2n) is 4.51. The van der Waals surface area contributed by atoms with Gasteiger partial charge in [-0.25, -0.2) is 9.97 Å². The van der Waals surface area contributed by atoms with Gasteiger partial charge in [0.1, 0.15) is 0 Å². The molecule has 0 radical (unpaired) electrons. The van der Waals surface area contributed by atoms with Gasteiger partial charge in [-0.1, -0.05) is 37.8 Å². The van der Waals surface area contributed by atoms with Crippen LogP contribution in [0.4, 0.5) is 0 Å². The van der Waals surface area contributed by atoms with Crippen LogP contribution in [-0.4, -0.2) is 28.3 Å². The Balaban J connectivity index is 2.42. The van der Waals surface area contributed by atoms with Crippen LogP contribution in [0.25, 0.3) is 0 Å². The molecule has 0 bridgehead atoms. The first-order valence-corrected chi connectivity index (χ1v) is 6.81. The molecular weight excluding hydrogens is 230 g/mol. The van der Waals surface area contributed by atoms with Crippen LogP contribution in [0.1, 0.15) is 25.2 Å². The molecule has 0 aromatic carbocycles. The van der Waals surface area contributed by atoms with Gasteiger partial charge in [-0.2, -0.15) is 0 Å². The van der Waals surface area contributed by atoms with Crippen LogP contribution in [0.2, 0.25) is 0 Å². The van der Waals surface area contributed by atoms with E-state index in [-0.39, 0.29) is 0 Å². The minimum Gasteiger partial charge on any atom is -0.311 e. The van der Waals surface area contributed by atoms with Gasteiger partial charge in [0.05, 0.1) is 0 Å². The van der Waals surface area contributed by atoms with Crippen LogP contribution in [0.15, 0.2) is 23.4 Å². The van der Waals surface area contributed by atoms with Crippen LogP contribution in [-0.2, 0) is 0 Å². The summed E-state index contributed by atoms with van der Waals surface area (Å²) in [5, 5.41) is 4.19. The van der Waals surface area contributed by atoms with E-state index in [2.05, 4.69) is 35.7 Å². The minimum atomic E-state index is 0.495. The maximum Gasteiger partial charge on any atom is 0.188 e. The molecule has 0 aliphatic carbocycles. The molecule has 17 heavy (non-hydrogen) atoms. The molecule has 1 heterocycles. The smallest absolute Gasteiger partial charge is 0.188 e. The molecule has 1 aromatic heterocycles. The first-order chi connectivity index (χ1) is 7.97. The second kappa shape index (κ2) is 6.77. The van der Waals surface area contributed by atoms with Crippen molar-refractivity contribution in [2.45, 2.75) is 38.9 Å². The van der Waals surface area contributed by atoms with Crippen LogP contribution in [0.3, 0.4) is 0 Å². The van der Waals surface area contributed by atoms with E-state index in [0.717, 1.165) is 28.8 Å². The minimum absolute atomic E-state index is 0.495. The molecule has 94 valence electrons. The Morgan fingerprint density at radius 3 is 2.47 bits per heavy atom. The summed E-state index contributed by atoms with van der Waals surface area (Å²) in [7, 11) is 0. The van der Waals surface area contributed by atoms with Crippen molar-refractivity contribution >= 4 is 11.8 Å². The van der Waals surface area contributed by atoms with Gasteiger partial charge in [-0.05, 0) is 19.9 Å². The average Bonchev–Trinajstić information content (AvgIpc) is 2.22. The van der Waals surface area contributed by atoms with Crippen LogP contribution >= 0.6 is 11.8 Å². The van der Waals surface area contributed by atoms with Crippen molar-refractivity contribution in [3.63, 3.8) is 0 Å². The SMILES string of the molecule is C=C(CNC(C)C)CSc1nc(C)cc(C)n1. The predicted molar refractivity (Wildman–Crippen MR) is 74.5 cm³/mol. The van der Waals surface area contributed by atoms with Crippen molar-refractivity contribution in [3.8, 4) is 0 Å². The van der Waals surface area contributed by atoms with E-state index in [1.165, 1.54) is 5.57 Å². The van der Waals surface area contributed by atoms with Crippen molar-refractivity contribution < 1.29 is 0 Å². The largest absolute Gasteiger partial charge is 0.311 e. The Hall–Kier alpha value is -0.870. The summed E-state index contributed by atoms with van der Waals surface area (Å²) in [6.45, 7) is 13.2. The lowest BCUT2D eigenvalue weighted by atomic mass is 10.3. The molecule has 0 aliphatic rings. The van der Waals surface area contributed by atoms with E-state index in [9.17, 15) is 0 Å². The number of hydrogen-bond acceptors (Lipinski definition) is 4. The average molecular weight is 251 g/mol. The number of hydrogen-bond donors (Lipinski definition) is 1. The molecule has 1 N–H and O–H groups in total. The summed E-state index contributed by atoms with van der Waals surface area (Å²) >= 11 is 1.65. The van der Waals surface area contributed by atoms with Gasteiger partial charge in [-0.15, -0.1) is 0 Å². The van der Waals surface area contributed by atoms with E-state index < -0.39 is 0 Å². The van der Waals surface area contributed by atoms with Crippen molar-refractivity contribution in [3.05, 3.63) is 29.6 Å². The highest BCUT2D eigenvalue weighted by atomic mass is 32.2. The summed E-state index contributed by atoms with van der Waals surface area (Å²) in [5.41, 5.74) is 3.21. The summed E-state index contributed by atoms with van der Waals surface area (Å²) in [5.74, 6) is 0.864. The third-order valence-electron chi connectivity index (χ3n) is 2.13. The molecule has 1 rings (SSSR count). The fourth-order valence-electron chi connectivity index (χ4n) is 1.32. The zero-order chi connectivity index (χ0) is 12.8. The maximum atomic E-state index is 4.39. The molecule has 0 amide bonds. The summed E-state index contributed by atoms with van der Waals surface area (Å²) in [6, 6.07) is 2.48. The number of nitrogens with one attached hydrogen (secondary N) is 1. The van der Waals surface area contributed by atoms with Gasteiger partial charge in [0.25, 0.3) is 0 Å². The molecule has 0 unspecified atom stereocenters. The Kier molecular flexibility index (Phi) is 5.65. The molecule has 0 spiro atoms. The van der Waals surface area contributed by atoms with Gasteiger partial charge in [0, 0.05) is 29.7 Å². The highest BCUT2D eigenvalue weighted by Crippen LogP contribution is 2.16. The van der Waals surface area contributed by atoms with Crippen molar-refractivity contribution in [1.29, 1.82) is 0 Å². The molecule has 0 saturated heterocycles. The van der Waals surface area contributed by atoms with Crippen molar-refractivity contribution in [1.82, 2.24) is 15.3 Å². The van der Waals surface area contributed by atoms with Crippen molar-refractivity contribution in [2.75, 3.05) is 12.3 Å². The Morgan fingerprint density at radius 1 is 1.35 bits per heavy atom. The highest BCUT2D eigenvalue weighted by molar-refractivity contribution is 7.99. The second-order valence-corrected chi connectivity index (χ2v) is 5.45. The zero-order valence-electron chi connectivity index (χ0n) is 11.1. The predicted octanol–water partition coefficient (Wildman–Crippen LogP) is 2.74. The molecule has 0 aliphatic heterocycles. The molecule has 0 saturated carbocycles. The maximum absolute atomic E-state index is 4.39. The Morgan fingerprint density at radius 2 is 1.94 bits per heavy atom. The normalized spacial score (nSPS) is 10.9. The molecule has 3 nitrogen and oxygen atoms in total. The number of thioether (sulfide) groups is 1. The lowest BCUT2D eigenvalue weighted by Crippen LogP contribution is -2.25. The Bertz CT molecular complexity index is 368. The van der Waals surface area contributed by atoms with E-state index in [0.29, 0.717) is 6.04 Å². The summed E-state index contributed by atoms with van der Waals surface area (Å²) in [4.78, 5) is 8.78. The number of aromatic nitrogens is 2. The van der Waals surface area contributed by atoms with Gasteiger partial charge in [-0.3, -0.25) is 0 Å². The number of rotatable bonds is 6. The first kappa shape index (κ1) is 14.2. The zero-order valence-corrected chi connectivity index (χ0v) is 11.9. The number of aryl methyl sites for hydroxylation is 2. The third kappa shape index (κ3) is 5.84. The lowest BCUT2D eigenvalue weighted by Gasteiger charge is -2.10. The fraction of sp³-hybridized carbons (Fsp3) is 0.538. The van der Waals surface area contributed by atoms with Gasteiger partial charge >= 0.3 is 0 Å². The third-order valence-corrected chi connectivity index (χ3v) is 3.12. The van der Waals surface area contributed by atoms with E-state index in [4.69, 9.17) is 0 Å². The molecule has 0 atom stereocenters. The lowest BCUT2D eigenvalue weighted by molar-refractivity contribution is 0.623. The van der Waals surface area contributed by atoms with Crippen LogP contribution < -0.4 is 5.32 Å². The van der Waals surface area contributed by atoms with Gasteiger partial charge in [0.2, 0.25) is 0 Å². The topological polar surface area (TPSA) is 37.8 Å². The van der Waals surface area contributed by atoms with Gasteiger partial charge < -0.3 is 5.32 Å². The first-order valence-electron chi connectivity index (χ1n) is 5.82. The van der Waals surface area contributed by atoms with Crippen molar-refractivity contribution in [2.24, 2.45) is 0 Å². The van der Waals surface area contributed by atoms with E-state index in [1.54, 1.807) is 11.8 Å².